The lowest BCUT2D eigenvalue weighted by Crippen LogP contribution is -2.18. The highest BCUT2D eigenvalue weighted by molar-refractivity contribution is 7.99. The van der Waals surface area contributed by atoms with Crippen LogP contribution in [0.4, 0.5) is 5.82 Å². The maximum Gasteiger partial charge on any atom is 0.251 e. The van der Waals surface area contributed by atoms with Gasteiger partial charge in [0.25, 0.3) is 5.56 Å². The Labute approximate surface area is 121 Å². The van der Waals surface area contributed by atoms with Gasteiger partial charge < -0.3 is 10.7 Å². The van der Waals surface area contributed by atoms with Crippen LogP contribution < -0.4 is 11.3 Å². The molecular weight excluding hydrogens is 274 g/mol. The quantitative estimate of drug-likeness (QED) is 0.648. The molecule has 2 aromatic rings. The molecule has 2 heterocycles. The predicted molar refractivity (Wildman–Crippen MR) is 78.9 cm³/mol. The minimum absolute atomic E-state index is 0.196. The molecule has 106 valence electrons. The molecular formula is C13H17N5OS. The molecule has 0 aliphatic carbocycles. The van der Waals surface area contributed by atoms with E-state index in [1.165, 1.54) is 24.0 Å². The highest BCUT2D eigenvalue weighted by Gasteiger charge is 2.21. The molecule has 0 unspecified atom stereocenters. The molecule has 0 amide bonds. The van der Waals surface area contributed by atoms with Gasteiger partial charge in [-0.15, -0.1) is 0 Å². The molecule has 6 nitrogen and oxygen atoms in total. The summed E-state index contributed by atoms with van der Waals surface area (Å²) in [6.07, 6.45) is 1.46. The minimum atomic E-state index is -0.200. The lowest BCUT2D eigenvalue weighted by molar-refractivity contribution is 0.538. The Kier molecular flexibility index (Phi) is 3.80. The van der Waals surface area contributed by atoms with Gasteiger partial charge in [0.15, 0.2) is 5.16 Å². The smallest absolute Gasteiger partial charge is 0.251 e. The molecule has 0 atom stereocenters. The summed E-state index contributed by atoms with van der Waals surface area (Å²) in [6.45, 7) is 7.92. The van der Waals surface area contributed by atoms with Gasteiger partial charge in [-0.25, -0.2) is 15.0 Å². The molecule has 3 N–H and O–H groups in total. The number of hydrogen-bond donors (Lipinski definition) is 2. The van der Waals surface area contributed by atoms with Crippen LogP contribution in [0.5, 0.6) is 0 Å². The third-order valence-corrected chi connectivity index (χ3v) is 3.64. The van der Waals surface area contributed by atoms with Crippen molar-refractivity contribution in [1.29, 1.82) is 0 Å². The van der Waals surface area contributed by atoms with Crippen LogP contribution in [0.25, 0.3) is 0 Å². The first-order chi connectivity index (χ1) is 9.27. The van der Waals surface area contributed by atoms with Crippen molar-refractivity contribution in [1.82, 2.24) is 19.9 Å². The number of anilines is 1. The number of H-pyrrole nitrogens is 1. The van der Waals surface area contributed by atoms with Gasteiger partial charge in [0.1, 0.15) is 16.7 Å². The molecule has 2 rings (SSSR count). The van der Waals surface area contributed by atoms with Crippen molar-refractivity contribution in [2.24, 2.45) is 0 Å². The number of nitrogen functional groups attached to an aromatic ring is 1. The van der Waals surface area contributed by atoms with Crippen LogP contribution in [-0.2, 0) is 5.41 Å². The topological polar surface area (TPSA) is 97.5 Å². The zero-order valence-electron chi connectivity index (χ0n) is 11.9. The van der Waals surface area contributed by atoms with E-state index in [4.69, 9.17) is 5.73 Å². The SMILES string of the molecule is Cc1c(N)nc(C(C)(C)C)nc1Sc1nccc(=O)[nH]1. The Balaban J connectivity index is 2.46. The molecule has 0 radical (unpaired) electrons. The lowest BCUT2D eigenvalue weighted by atomic mass is 9.95. The van der Waals surface area contributed by atoms with Crippen LogP contribution >= 0.6 is 11.8 Å². The standard InChI is InChI=1S/C13H17N5OS/c1-7-9(14)17-11(13(2,3)4)18-10(7)20-12-15-6-5-8(19)16-12/h5-6H,1-4H3,(H2,14,17,18)(H,15,16,19). The first kappa shape index (κ1) is 14.5. The molecule has 0 aliphatic heterocycles. The molecule has 0 spiro atoms. The van der Waals surface area contributed by atoms with Crippen LogP contribution in [0.15, 0.2) is 27.2 Å². The van der Waals surface area contributed by atoms with Gasteiger partial charge in [-0.2, -0.15) is 0 Å². The van der Waals surface area contributed by atoms with Crippen molar-refractivity contribution in [3.05, 3.63) is 34.0 Å². The fourth-order valence-electron chi connectivity index (χ4n) is 1.44. The average Bonchev–Trinajstić information content (AvgIpc) is 2.33. The monoisotopic (exact) mass is 291 g/mol. The molecule has 0 saturated carbocycles. The fraction of sp³-hybridized carbons (Fsp3) is 0.385. The second-order valence-corrected chi connectivity index (χ2v) is 6.43. The maximum atomic E-state index is 11.3. The zero-order chi connectivity index (χ0) is 14.9. The Morgan fingerprint density at radius 2 is 2.00 bits per heavy atom. The first-order valence-corrected chi connectivity index (χ1v) is 6.97. The van der Waals surface area contributed by atoms with Crippen molar-refractivity contribution in [3.8, 4) is 0 Å². The Morgan fingerprint density at radius 3 is 2.60 bits per heavy atom. The number of rotatable bonds is 2. The van der Waals surface area contributed by atoms with Crippen LogP contribution in [0.3, 0.4) is 0 Å². The van der Waals surface area contributed by atoms with Crippen LogP contribution in [0, 0.1) is 6.92 Å². The van der Waals surface area contributed by atoms with Crippen LogP contribution in [0.1, 0.15) is 32.2 Å². The summed E-state index contributed by atoms with van der Waals surface area (Å²) in [6, 6.07) is 1.37. The summed E-state index contributed by atoms with van der Waals surface area (Å²) in [7, 11) is 0. The van der Waals surface area contributed by atoms with Gasteiger partial charge in [-0.3, -0.25) is 4.79 Å². The molecule has 20 heavy (non-hydrogen) atoms. The summed E-state index contributed by atoms with van der Waals surface area (Å²) in [4.78, 5) is 26.9. The van der Waals surface area contributed by atoms with Crippen molar-refractivity contribution in [2.45, 2.75) is 43.3 Å². The Morgan fingerprint density at radius 1 is 1.30 bits per heavy atom. The molecule has 0 bridgehead atoms. The summed E-state index contributed by atoms with van der Waals surface area (Å²) in [5, 5.41) is 1.19. The highest BCUT2D eigenvalue weighted by atomic mass is 32.2. The van der Waals surface area contributed by atoms with E-state index in [9.17, 15) is 4.79 Å². The van der Waals surface area contributed by atoms with Crippen molar-refractivity contribution in [3.63, 3.8) is 0 Å². The predicted octanol–water partition coefficient (Wildman–Crippen LogP) is 1.90. The molecule has 0 aliphatic rings. The van der Waals surface area contributed by atoms with Crippen molar-refractivity contribution < 1.29 is 0 Å². The summed E-state index contributed by atoms with van der Waals surface area (Å²) in [5.74, 6) is 1.12. The normalized spacial score (nSPS) is 11.6. The molecule has 0 saturated heterocycles. The number of nitrogens with two attached hydrogens (primary N) is 1. The second kappa shape index (κ2) is 5.24. The van der Waals surface area contributed by atoms with E-state index in [2.05, 4.69) is 19.9 Å². The van der Waals surface area contributed by atoms with E-state index in [1.54, 1.807) is 0 Å². The Hall–Kier alpha value is -1.89. The van der Waals surface area contributed by atoms with Gasteiger partial charge in [-0.05, 0) is 18.7 Å². The van der Waals surface area contributed by atoms with Gasteiger partial charge >= 0.3 is 0 Å². The maximum absolute atomic E-state index is 11.3. The van der Waals surface area contributed by atoms with Crippen LogP contribution in [0.2, 0.25) is 0 Å². The van der Waals surface area contributed by atoms with E-state index < -0.39 is 0 Å². The summed E-state index contributed by atoms with van der Waals surface area (Å²) in [5.41, 5.74) is 6.34. The van der Waals surface area contributed by atoms with Crippen molar-refractivity contribution in [2.75, 3.05) is 5.73 Å². The van der Waals surface area contributed by atoms with E-state index in [0.29, 0.717) is 21.8 Å². The Bertz CT molecular complexity index is 690. The fourth-order valence-corrected chi connectivity index (χ4v) is 2.28. The number of nitrogens with one attached hydrogen (secondary N) is 1. The molecule has 7 heteroatoms. The van der Waals surface area contributed by atoms with Gasteiger partial charge in [0, 0.05) is 23.2 Å². The number of nitrogens with zero attached hydrogens (tertiary/aromatic N) is 3. The first-order valence-electron chi connectivity index (χ1n) is 6.15. The summed E-state index contributed by atoms with van der Waals surface area (Å²) >= 11 is 1.28. The van der Waals surface area contributed by atoms with Gasteiger partial charge in [0.2, 0.25) is 0 Å². The molecule has 2 aromatic heterocycles. The van der Waals surface area contributed by atoms with Crippen LogP contribution in [-0.4, -0.2) is 19.9 Å². The number of aromatic nitrogens is 4. The van der Waals surface area contributed by atoms with E-state index in [0.717, 1.165) is 5.56 Å². The minimum Gasteiger partial charge on any atom is -0.383 e. The molecule has 0 aromatic carbocycles. The molecule has 0 fully saturated rings. The number of aromatic amines is 1. The average molecular weight is 291 g/mol. The second-order valence-electron chi connectivity index (χ2n) is 5.45. The summed E-state index contributed by atoms with van der Waals surface area (Å²) < 4.78 is 0. The number of hydrogen-bond acceptors (Lipinski definition) is 6. The third-order valence-electron chi connectivity index (χ3n) is 2.65. The van der Waals surface area contributed by atoms with Gasteiger partial charge in [0.05, 0.1) is 0 Å². The van der Waals surface area contributed by atoms with E-state index >= 15 is 0 Å². The van der Waals surface area contributed by atoms with E-state index in [-0.39, 0.29) is 11.0 Å². The zero-order valence-corrected chi connectivity index (χ0v) is 12.7. The third kappa shape index (κ3) is 3.16. The van der Waals surface area contributed by atoms with Crippen molar-refractivity contribution >= 4 is 17.6 Å². The van der Waals surface area contributed by atoms with Gasteiger partial charge in [-0.1, -0.05) is 20.8 Å². The van der Waals surface area contributed by atoms with E-state index in [1.807, 2.05) is 27.7 Å². The largest absolute Gasteiger partial charge is 0.383 e. The highest BCUT2D eigenvalue weighted by Crippen LogP contribution is 2.30. The lowest BCUT2D eigenvalue weighted by Gasteiger charge is -2.18.